The number of esters is 1. The molecule has 0 atom stereocenters. The third-order valence-electron chi connectivity index (χ3n) is 3.21. The van der Waals surface area contributed by atoms with Crippen LogP contribution in [-0.4, -0.2) is 30.2 Å². The molecule has 130 valence electrons. The highest BCUT2D eigenvalue weighted by Crippen LogP contribution is 2.20. The Morgan fingerprint density at radius 3 is 2.48 bits per heavy atom. The van der Waals surface area contributed by atoms with Gasteiger partial charge in [0.2, 0.25) is 0 Å². The van der Waals surface area contributed by atoms with E-state index in [1.807, 2.05) is 48.5 Å². The predicted octanol–water partition coefficient (Wildman–Crippen LogP) is 3.84. The SMILES string of the molecule is CO/N=C(\C(=O)OC)c1ccccc1CSC(=S)Nc1ccccc1. The number of thioether (sulfide) groups is 1. The highest BCUT2D eigenvalue weighted by Gasteiger charge is 2.19. The molecule has 5 nitrogen and oxygen atoms in total. The smallest absolute Gasteiger partial charge is 0.360 e. The Morgan fingerprint density at radius 2 is 1.80 bits per heavy atom. The van der Waals surface area contributed by atoms with Gasteiger partial charge in [-0.25, -0.2) is 4.79 Å². The first-order chi connectivity index (χ1) is 12.2. The summed E-state index contributed by atoms with van der Waals surface area (Å²) >= 11 is 6.84. The summed E-state index contributed by atoms with van der Waals surface area (Å²) in [7, 11) is 2.70. The molecule has 0 unspecified atom stereocenters. The molecule has 0 spiro atoms. The minimum atomic E-state index is -0.552. The van der Waals surface area contributed by atoms with Gasteiger partial charge in [0.15, 0.2) is 5.71 Å². The molecule has 0 aliphatic carbocycles. The van der Waals surface area contributed by atoms with E-state index < -0.39 is 5.97 Å². The number of nitrogens with zero attached hydrogens (tertiary/aromatic N) is 1. The van der Waals surface area contributed by atoms with Crippen molar-refractivity contribution in [3.63, 3.8) is 0 Å². The molecule has 1 N–H and O–H groups in total. The zero-order valence-electron chi connectivity index (χ0n) is 13.9. The highest BCUT2D eigenvalue weighted by molar-refractivity contribution is 8.22. The van der Waals surface area contributed by atoms with Gasteiger partial charge in [-0.15, -0.1) is 0 Å². The molecule has 0 aromatic heterocycles. The fraction of sp³-hybridized carbons (Fsp3) is 0.167. The van der Waals surface area contributed by atoms with Crippen molar-refractivity contribution in [2.45, 2.75) is 5.75 Å². The Kier molecular flexibility index (Phi) is 7.43. The fourth-order valence-corrected chi connectivity index (χ4v) is 3.10. The summed E-state index contributed by atoms with van der Waals surface area (Å²) in [6.07, 6.45) is 0. The molecule has 25 heavy (non-hydrogen) atoms. The number of hydrogen-bond acceptors (Lipinski definition) is 6. The van der Waals surface area contributed by atoms with Gasteiger partial charge in [-0.2, -0.15) is 0 Å². The van der Waals surface area contributed by atoms with Crippen LogP contribution < -0.4 is 5.32 Å². The third-order valence-corrected chi connectivity index (χ3v) is 4.49. The first-order valence-corrected chi connectivity index (χ1v) is 8.81. The van der Waals surface area contributed by atoms with Crippen molar-refractivity contribution in [2.24, 2.45) is 5.16 Å². The van der Waals surface area contributed by atoms with Crippen LogP contribution in [0.3, 0.4) is 0 Å². The van der Waals surface area contributed by atoms with E-state index in [1.54, 1.807) is 6.07 Å². The first-order valence-electron chi connectivity index (χ1n) is 7.42. The van der Waals surface area contributed by atoms with Crippen LogP contribution in [0.5, 0.6) is 0 Å². The molecular weight excluding hydrogens is 356 g/mol. The Balaban J connectivity index is 2.11. The summed E-state index contributed by atoms with van der Waals surface area (Å²) in [5.74, 6) is 0.0264. The molecule has 0 aliphatic heterocycles. The zero-order chi connectivity index (χ0) is 18.1. The minimum Gasteiger partial charge on any atom is -0.464 e. The Morgan fingerprint density at radius 1 is 1.12 bits per heavy atom. The van der Waals surface area contributed by atoms with Gasteiger partial charge in [-0.3, -0.25) is 0 Å². The third kappa shape index (κ3) is 5.58. The number of nitrogens with one attached hydrogen (secondary N) is 1. The Hall–Kier alpha value is -2.38. The average molecular weight is 374 g/mol. The molecule has 0 saturated carbocycles. The maximum Gasteiger partial charge on any atom is 0.360 e. The number of carbonyl (C=O) groups excluding carboxylic acids is 1. The second-order valence-electron chi connectivity index (χ2n) is 4.84. The van der Waals surface area contributed by atoms with E-state index in [0.29, 0.717) is 15.6 Å². The molecule has 0 amide bonds. The predicted molar refractivity (Wildman–Crippen MR) is 106 cm³/mol. The van der Waals surface area contributed by atoms with E-state index in [0.717, 1.165) is 11.3 Å². The second kappa shape index (κ2) is 9.80. The summed E-state index contributed by atoms with van der Waals surface area (Å²) < 4.78 is 5.43. The number of benzene rings is 2. The lowest BCUT2D eigenvalue weighted by Crippen LogP contribution is -2.19. The molecule has 0 radical (unpaired) electrons. The van der Waals surface area contributed by atoms with Gasteiger partial charge < -0.3 is 14.9 Å². The number of hydrogen-bond donors (Lipinski definition) is 1. The van der Waals surface area contributed by atoms with E-state index in [4.69, 9.17) is 21.8 Å². The molecule has 2 rings (SSSR count). The summed E-state index contributed by atoms with van der Waals surface area (Å²) in [6, 6.07) is 17.2. The van der Waals surface area contributed by atoms with Crippen molar-refractivity contribution in [2.75, 3.05) is 19.5 Å². The molecular formula is C18H18N2O3S2. The monoisotopic (exact) mass is 374 g/mol. The zero-order valence-corrected chi connectivity index (χ0v) is 15.5. The summed E-state index contributed by atoms with van der Waals surface area (Å²) in [6.45, 7) is 0. The van der Waals surface area contributed by atoms with E-state index in [2.05, 4.69) is 10.5 Å². The summed E-state index contributed by atoms with van der Waals surface area (Å²) in [5, 5.41) is 6.97. The summed E-state index contributed by atoms with van der Waals surface area (Å²) in [5.41, 5.74) is 2.63. The molecule has 7 heteroatoms. The average Bonchev–Trinajstić information content (AvgIpc) is 2.65. The van der Waals surface area contributed by atoms with Crippen LogP contribution >= 0.6 is 24.0 Å². The maximum atomic E-state index is 12.0. The van der Waals surface area contributed by atoms with Crippen molar-refractivity contribution >= 4 is 45.7 Å². The number of oxime groups is 1. The van der Waals surface area contributed by atoms with Crippen LogP contribution in [0.25, 0.3) is 0 Å². The molecule has 0 aliphatic rings. The van der Waals surface area contributed by atoms with Crippen molar-refractivity contribution in [1.29, 1.82) is 0 Å². The lowest BCUT2D eigenvalue weighted by atomic mass is 10.0. The number of thiocarbonyl (C=S) groups is 1. The standard InChI is InChI=1S/C18H18N2O3S2/c1-22-17(21)16(20-23-2)15-11-7-6-8-13(15)12-25-18(24)19-14-9-4-3-5-10-14/h3-11H,12H2,1-2H3,(H,19,24)/b20-16-. The number of anilines is 1. The molecule has 2 aromatic rings. The molecule has 0 fully saturated rings. The summed E-state index contributed by atoms with van der Waals surface area (Å²) in [4.78, 5) is 16.7. The van der Waals surface area contributed by atoms with E-state index in [-0.39, 0.29) is 5.71 Å². The molecule has 0 bridgehead atoms. The normalized spacial score (nSPS) is 10.9. The van der Waals surface area contributed by atoms with Crippen LogP contribution in [0, 0.1) is 0 Å². The van der Waals surface area contributed by atoms with Crippen LogP contribution in [0.1, 0.15) is 11.1 Å². The number of carbonyl (C=O) groups is 1. The number of ether oxygens (including phenoxy) is 1. The van der Waals surface area contributed by atoms with Gasteiger partial charge in [0.25, 0.3) is 0 Å². The largest absolute Gasteiger partial charge is 0.464 e. The van der Waals surface area contributed by atoms with E-state index >= 15 is 0 Å². The van der Waals surface area contributed by atoms with Crippen LogP contribution in [0.4, 0.5) is 5.69 Å². The van der Waals surface area contributed by atoms with E-state index in [1.165, 1.54) is 26.0 Å². The van der Waals surface area contributed by atoms with Gasteiger partial charge in [-0.1, -0.05) is 71.6 Å². The van der Waals surface area contributed by atoms with Gasteiger partial charge in [0, 0.05) is 17.0 Å². The first kappa shape index (κ1) is 19.0. The Labute approximate surface area is 156 Å². The topological polar surface area (TPSA) is 59.9 Å². The molecule has 0 saturated heterocycles. The van der Waals surface area contributed by atoms with E-state index in [9.17, 15) is 4.79 Å². The second-order valence-corrected chi connectivity index (χ2v) is 6.49. The van der Waals surface area contributed by atoms with Gasteiger partial charge in [0.1, 0.15) is 11.4 Å². The van der Waals surface area contributed by atoms with Crippen molar-refractivity contribution < 1.29 is 14.4 Å². The lowest BCUT2D eigenvalue weighted by Gasteiger charge is -2.11. The lowest BCUT2D eigenvalue weighted by molar-refractivity contribution is -0.132. The minimum absolute atomic E-state index is 0.128. The van der Waals surface area contributed by atoms with Crippen LogP contribution in [0.2, 0.25) is 0 Å². The number of rotatable bonds is 6. The van der Waals surface area contributed by atoms with Gasteiger partial charge in [0.05, 0.1) is 7.11 Å². The Bertz CT molecular complexity index is 764. The fourth-order valence-electron chi connectivity index (χ4n) is 2.08. The molecule has 2 aromatic carbocycles. The van der Waals surface area contributed by atoms with Gasteiger partial charge >= 0.3 is 5.97 Å². The number of methoxy groups -OCH3 is 1. The van der Waals surface area contributed by atoms with Crippen LogP contribution in [0.15, 0.2) is 59.8 Å². The molecule has 0 heterocycles. The van der Waals surface area contributed by atoms with Crippen molar-refractivity contribution in [1.82, 2.24) is 0 Å². The maximum absolute atomic E-state index is 12.0. The van der Waals surface area contributed by atoms with Crippen molar-refractivity contribution in [3.05, 3.63) is 65.7 Å². The van der Waals surface area contributed by atoms with Crippen LogP contribution in [-0.2, 0) is 20.1 Å². The quantitative estimate of drug-likeness (QED) is 0.359. The number of para-hydroxylation sites is 1. The van der Waals surface area contributed by atoms with Gasteiger partial charge in [-0.05, 0) is 17.7 Å². The highest BCUT2D eigenvalue weighted by atomic mass is 32.2. The van der Waals surface area contributed by atoms with Crippen molar-refractivity contribution in [3.8, 4) is 0 Å².